The number of benzene rings is 1. The highest BCUT2D eigenvalue weighted by molar-refractivity contribution is 7.81. The van der Waals surface area contributed by atoms with E-state index in [9.17, 15) is 21.6 Å². The predicted octanol–water partition coefficient (Wildman–Crippen LogP) is 4.52. The summed E-state index contributed by atoms with van der Waals surface area (Å²) in [6.45, 7) is 0.0622. The third-order valence-corrected chi connectivity index (χ3v) is 4.68. The summed E-state index contributed by atoms with van der Waals surface area (Å²) in [6.07, 6.45) is 4.19. The highest BCUT2D eigenvalue weighted by Crippen LogP contribution is 2.29. The Bertz CT molecular complexity index is 603. The smallest absolute Gasteiger partial charge is 0.247 e. The van der Waals surface area contributed by atoms with Crippen LogP contribution < -0.4 is 5.90 Å². The minimum Gasteiger partial charge on any atom is -0.247 e. The molecule has 0 aliphatic rings. The molecule has 0 saturated heterocycles. The minimum atomic E-state index is -4.28. The van der Waals surface area contributed by atoms with Crippen molar-refractivity contribution in [1.29, 1.82) is 0 Å². The second-order valence-corrected chi connectivity index (χ2v) is 7.34. The van der Waals surface area contributed by atoms with Crippen molar-refractivity contribution in [2.45, 2.75) is 64.0 Å². The molecule has 26 heavy (non-hydrogen) atoms. The summed E-state index contributed by atoms with van der Waals surface area (Å²) in [4.78, 5) is 0. The molecule has 1 rings (SSSR count). The van der Waals surface area contributed by atoms with Gasteiger partial charge in [-0.15, -0.1) is 0 Å². The first kappa shape index (κ1) is 22.9. The van der Waals surface area contributed by atoms with E-state index >= 15 is 0 Å². The summed E-state index contributed by atoms with van der Waals surface area (Å²) in [5.74, 6) is 4.53. The van der Waals surface area contributed by atoms with Gasteiger partial charge in [-0.1, -0.05) is 50.7 Å². The van der Waals surface area contributed by atoms with Crippen molar-refractivity contribution in [2.75, 3.05) is 6.61 Å². The molecule has 0 spiro atoms. The summed E-state index contributed by atoms with van der Waals surface area (Å²) in [7, 11) is -4.04. The third kappa shape index (κ3) is 10.1. The SMILES string of the molecule is NOS(=O)(=O)OCCCCCCCCCCc1ccc(C(F)(F)F)cc1. The number of aryl methyl sites for hydroxylation is 1. The Balaban J connectivity index is 1.98. The molecule has 0 bridgehead atoms. The van der Waals surface area contributed by atoms with E-state index in [-0.39, 0.29) is 6.61 Å². The zero-order valence-electron chi connectivity index (χ0n) is 14.6. The Labute approximate surface area is 153 Å². The summed E-state index contributed by atoms with van der Waals surface area (Å²) < 4.78 is 67.1. The molecule has 0 fully saturated rings. The number of rotatable bonds is 13. The average molecular weight is 397 g/mol. The first-order valence-corrected chi connectivity index (χ1v) is 10.0. The fourth-order valence-corrected chi connectivity index (χ4v) is 2.92. The van der Waals surface area contributed by atoms with E-state index in [1.165, 1.54) is 0 Å². The van der Waals surface area contributed by atoms with Crippen molar-refractivity contribution in [3.05, 3.63) is 35.4 Å². The van der Waals surface area contributed by atoms with Gasteiger partial charge in [0.05, 0.1) is 12.2 Å². The Morgan fingerprint density at radius 3 is 1.85 bits per heavy atom. The van der Waals surface area contributed by atoms with Crippen molar-refractivity contribution in [1.82, 2.24) is 0 Å². The van der Waals surface area contributed by atoms with Crippen LogP contribution in [0.1, 0.15) is 62.5 Å². The largest absolute Gasteiger partial charge is 0.416 e. The summed E-state index contributed by atoms with van der Waals surface area (Å²) >= 11 is 0. The van der Waals surface area contributed by atoms with Gasteiger partial charge in [0.1, 0.15) is 0 Å². The second-order valence-electron chi connectivity index (χ2n) is 6.10. The molecule has 9 heteroatoms. The molecule has 0 amide bonds. The van der Waals surface area contributed by atoms with E-state index in [0.29, 0.717) is 6.42 Å². The van der Waals surface area contributed by atoms with Gasteiger partial charge in [0.2, 0.25) is 0 Å². The fraction of sp³-hybridized carbons (Fsp3) is 0.647. The molecule has 1 aromatic rings. The molecule has 5 nitrogen and oxygen atoms in total. The molecular formula is C17H26F3NO4S. The Kier molecular flexibility index (Phi) is 10.1. The van der Waals surface area contributed by atoms with Crippen LogP contribution >= 0.6 is 0 Å². The number of alkyl halides is 3. The molecular weight excluding hydrogens is 371 g/mol. The molecule has 0 radical (unpaired) electrons. The molecule has 0 atom stereocenters. The lowest BCUT2D eigenvalue weighted by atomic mass is 10.0. The number of hydrogen-bond acceptors (Lipinski definition) is 5. The lowest BCUT2D eigenvalue weighted by molar-refractivity contribution is -0.137. The van der Waals surface area contributed by atoms with Crippen LogP contribution in [-0.4, -0.2) is 15.0 Å². The van der Waals surface area contributed by atoms with Crippen LogP contribution in [0.25, 0.3) is 0 Å². The third-order valence-electron chi connectivity index (χ3n) is 3.99. The Hall–Kier alpha value is -1.16. The molecule has 0 saturated carbocycles. The van der Waals surface area contributed by atoms with E-state index in [4.69, 9.17) is 0 Å². The molecule has 0 unspecified atom stereocenters. The summed E-state index contributed by atoms with van der Waals surface area (Å²) in [5, 5.41) is 0. The van der Waals surface area contributed by atoms with Crippen LogP contribution in [0.5, 0.6) is 0 Å². The standard InChI is InChI=1S/C17H26F3NO4S/c18-17(19,20)16-12-10-15(11-13-16)9-7-5-3-1-2-4-6-8-14-24-26(22,23)25-21/h10-13H,1-9,14,21H2. The molecule has 0 aliphatic carbocycles. The maximum atomic E-state index is 12.5. The van der Waals surface area contributed by atoms with Gasteiger partial charge in [-0.25, -0.2) is 4.18 Å². The van der Waals surface area contributed by atoms with E-state index in [1.54, 1.807) is 12.1 Å². The molecule has 0 aromatic heterocycles. The maximum Gasteiger partial charge on any atom is 0.416 e. The van der Waals surface area contributed by atoms with E-state index in [1.807, 2.05) is 0 Å². The number of nitrogens with two attached hydrogens (primary N) is 1. The van der Waals surface area contributed by atoms with Gasteiger partial charge < -0.3 is 0 Å². The molecule has 0 aliphatic heterocycles. The van der Waals surface area contributed by atoms with Crippen LogP contribution in [0.15, 0.2) is 24.3 Å². The van der Waals surface area contributed by atoms with E-state index < -0.39 is 22.1 Å². The molecule has 1 aromatic carbocycles. The lowest BCUT2D eigenvalue weighted by Crippen LogP contribution is -2.14. The number of hydrogen-bond donors (Lipinski definition) is 1. The Morgan fingerprint density at radius 2 is 1.35 bits per heavy atom. The topological polar surface area (TPSA) is 78.6 Å². The number of halogens is 3. The highest BCUT2D eigenvalue weighted by Gasteiger charge is 2.29. The zero-order valence-corrected chi connectivity index (χ0v) is 15.4. The fourth-order valence-electron chi connectivity index (χ4n) is 2.54. The first-order chi connectivity index (χ1) is 12.2. The van der Waals surface area contributed by atoms with Gasteiger partial charge in [-0.2, -0.15) is 31.8 Å². The van der Waals surface area contributed by atoms with Gasteiger partial charge in [0.15, 0.2) is 0 Å². The van der Waals surface area contributed by atoms with Crippen LogP contribution in [0.4, 0.5) is 13.2 Å². The lowest BCUT2D eigenvalue weighted by Gasteiger charge is -2.07. The van der Waals surface area contributed by atoms with Crippen molar-refractivity contribution in [2.24, 2.45) is 5.90 Å². The normalized spacial score (nSPS) is 12.5. The van der Waals surface area contributed by atoms with Crippen LogP contribution in [0.2, 0.25) is 0 Å². The summed E-state index contributed by atoms with van der Waals surface area (Å²) in [6, 6.07) is 5.34. The monoisotopic (exact) mass is 397 g/mol. The van der Waals surface area contributed by atoms with Crippen molar-refractivity contribution < 1.29 is 30.1 Å². The van der Waals surface area contributed by atoms with Crippen LogP contribution in [0, 0.1) is 0 Å². The van der Waals surface area contributed by atoms with Gasteiger partial charge in [0, 0.05) is 0 Å². The number of unbranched alkanes of at least 4 members (excludes halogenated alkanes) is 7. The molecule has 0 heterocycles. The van der Waals surface area contributed by atoms with E-state index in [0.717, 1.165) is 69.1 Å². The Morgan fingerprint density at radius 1 is 0.846 bits per heavy atom. The van der Waals surface area contributed by atoms with Crippen molar-refractivity contribution in [3.8, 4) is 0 Å². The van der Waals surface area contributed by atoms with Crippen molar-refractivity contribution in [3.63, 3.8) is 0 Å². The molecule has 2 N–H and O–H groups in total. The van der Waals surface area contributed by atoms with Gasteiger partial charge in [-0.05, 0) is 37.0 Å². The quantitative estimate of drug-likeness (QED) is 0.391. The predicted molar refractivity (Wildman–Crippen MR) is 92.2 cm³/mol. The van der Waals surface area contributed by atoms with Gasteiger partial charge in [0.25, 0.3) is 0 Å². The highest BCUT2D eigenvalue weighted by atomic mass is 32.3. The summed E-state index contributed by atoms with van der Waals surface area (Å²) in [5.41, 5.74) is 0.314. The average Bonchev–Trinajstić information content (AvgIpc) is 2.59. The van der Waals surface area contributed by atoms with E-state index in [2.05, 4.69) is 14.4 Å². The second kappa shape index (κ2) is 11.5. The van der Waals surface area contributed by atoms with Crippen LogP contribution in [-0.2, 0) is 31.5 Å². The van der Waals surface area contributed by atoms with Gasteiger partial charge in [-0.3, -0.25) is 0 Å². The first-order valence-electron chi connectivity index (χ1n) is 8.68. The maximum absolute atomic E-state index is 12.5. The zero-order chi connectivity index (χ0) is 19.5. The molecule has 150 valence electrons. The minimum absolute atomic E-state index is 0.0622. The van der Waals surface area contributed by atoms with Gasteiger partial charge >= 0.3 is 16.6 Å². The van der Waals surface area contributed by atoms with Crippen LogP contribution in [0.3, 0.4) is 0 Å². The van der Waals surface area contributed by atoms with Crippen molar-refractivity contribution >= 4 is 10.4 Å².